The standard InChI is InChI=1S/C56H38IN3/c1-35-18-25-41(26-19-35)59-53-17-9-13-43(37-20-27-42(28-21-37)58-50-15-7-5-12-45(50)48-34-40(57)24-31-52(48)58)56(53)47-30-23-39(33-55(47)59)38-22-29-46-44-11-4-8-16-51(44)60(54(46)32-38)49-14-6-3-10-36(49)2/h3-34H,1-2H3. The van der Waals surface area contributed by atoms with Gasteiger partial charge < -0.3 is 13.7 Å². The molecule has 0 bridgehead atoms. The van der Waals surface area contributed by atoms with Gasteiger partial charge >= 0.3 is 0 Å². The molecule has 3 aromatic heterocycles. The van der Waals surface area contributed by atoms with Gasteiger partial charge in [-0.3, -0.25) is 0 Å². The second-order valence-corrected chi connectivity index (χ2v) is 17.3. The summed E-state index contributed by atoms with van der Waals surface area (Å²) in [5.41, 5.74) is 18.1. The summed E-state index contributed by atoms with van der Waals surface area (Å²) in [6.07, 6.45) is 0. The number of nitrogens with zero attached hydrogens (tertiary/aromatic N) is 3. The van der Waals surface area contributed by atoms with Crippen LogP contribution < -0.4 is 0 Å². The van der Waals surface area contributed by atoms with Crippen molar-refractivity contribution in [2.24, 2.45) is 0 Å². The van der Waals surface area contributed by atoms with E-state index in [0.29, 0.717) is 0 Å². The molecule has 4 heteroatoms. The van der Waals surface area contributed by atoms with E-state index in [-0.39, 0.29) is 0 Å². The number of hydrogen-bond donors (Lipinski definition) is 0. The summed E-state index contributed by atoms with van der Waals surface area (Å²) in [4.78, 5) is 0. The molecule has 0 saturated heterocycles. The van der Waals surface area contributed by atoms with Crippen LogP contribution in [0.3, 0.4) is 0 Å². The highest BCUT2D eigenvalue weighted by Crippen LogP contribution is 2.42. The number of aryl methyl sites for hydroxylation is 2. The fraction of sp³-hybridized carbons (Fsp3) is 0.0357. The van der Waals surface area contributed by atoms with Crippen LogP contribution in [0.15, 0.2) is 194 Å². The zero-order chi connectivity index (χ0) is 40.1. The molecule has 0 aliphatic carbocycles. The Morgan fingerprint density at radius 1 is 0.350 bits per heavy atom. The molecule has 0 amide bonds. The van der Waals surface area contributed by atoms with Crippen LogP contribution in [-0.2, 0) is 0 Å². The number of rotatable bonds is 5. The molecule has 12 rings (SSSR count). The highest BCUT2D eigenvalue weighted by Gasteiger charge is 2.20. The zero-order valence-corrected chi connectivity index (χ0v) is 35.4. The Labute approximate surface area is 361 Å². The van der Waals surface area contributed by atoms with E-state index in [1.54, 1.807) is 0 Å². The Morgan fingerprint density at radius 2 is 0.883 bits per heavy atom. The molecule has 9 aromatic carbocycles. The molecule has 3 nitrogen and oxygen atoms in total. The molecule has 0 unspecified atom stereocenters. The Balaban J connectivity index is 1.04. The van der Waals surface area contributed by atoms with Crippen LogP contribution in [-0.4, -0.2) is 13.7 Å². The Morgan fingerprint density at radius 3 is 1.62 bits per heavy atom. The van der Waals surface area contributed by atoms with Crippen LogP contribution >= 0.6 is 22.6 Å². The zero-order valence-electron chi connectivity index (χ0n) is 33.2. The predicted molar refractivity (Wildman–Crippen MR) is 263 cm³/mol. The minimum atomic E-state index is 1.15. The molecule has 0 N–H and O–H groups in total. The summed E-state index contributed by atoms with van der Waals surface area (Å²) in [6, 6.07) is 71.8. The lowest BCUT2D eigenvalue weighted by Crippen LogP contribution is -1.96. The van der Waals surface area contributed by atoms with Crippen molar-refractivity contribution in [1.29, 1.82) is 0 Å². The highest BCUT2D eigenvalue weighted by molar-refractivity contribution is 14.1. The molecular formula is C56H38IN3. The summed E-state index contributed by atoms with van der Waals surface area (Å²) in [5, 5.41) is 7.58. The molecule has 0 aliphatic rings. The van der Waals surface area contributed by atoms with E-state index in [9.17, 15) is 0 Å². The molecule has 0 aliphatic heterocycles. The SMILES string of the molecule is Cc1ccc(-n2c3cc(-c4ccc5c6ccccc6n(-c6ccccc6C)c5c4)ccc3c3c(-c4ccc(-n5c6ccccc6c6cc(I)ccc65)cc4)cccc32)cc1. The summed E-state index contributed by atoms with van der Waals surface area (Å²) < 4.78 is 8.53. The maximum absolute atomic E-state index is 2.45. The van der Waals surface area contributed by atoms with Gasteiger partial charge in [0.1, 0.15) is 0 Å². The van der Waals surface area contributed by atoms with Gasteiger partial charge in [-0.1, -0.05) is 121 Å². The summed E-state index contributed by atoms with van der Waals surface area (Å²) >= 11 is 2.42. The van der Waals surface area contributed by atoms with Crippen molar-refractivity contribution in [3.8, 4) is 39.3 Å². The highest BCUT2D eigenvalue weighted by atomic mass is 127. The van der Waals surface area contributed by atoms with Crippen LogP contribution in [0.2, 0.25) is 0 Å². The third-order valence-electron chi connectivity index (χ3n) is 12.5. The lowest BCUT2D eigenvalue weighted by molar-refractivity contribution is 1.15. The minimum Gasteiger partial charge on any atom is -0.309 e. The molecule has 0 saturated carbocycles. The average Bonchev–Trinajstić information content (AvgIpc) is 3.92. The maximum atomic E-state index is 2.45. The second kappa shape index (κ2) is 13.6. The summed E-state index contributed by atoms with van der Waals surface area (Å²) in [7, 11) is 0. The second-order valence-electron chi connectivity index (χ2n) is 16.0. The molecule has 60 heavy (non-hydrogen) atoms. The number of fused-ring (bicyclic) bond motifs is 9. The fourth-order valence-corrected chi connectivity index (χ4v) is 10.2. The van der Waals surface area contributed by atoms with Gasteiger partial charge in [0.15, 0.2) is 0 Å². The molecule has 12 aromatic rings. The van der Waals surface area contributed by atoms with Gasteiger partial charge in [0, 0.05) is 52.9 Å². The van der Waals surface area contributed by atoms with Crippen molar-refractivity contribution >= 4 is 88.0 Å². The van der Waals surface area contributed by atoms with Gasteiger partial charge in [-0.15, -0.1) is 0 Å². The third-order valence-corrected chi connectivity index (χ3v) is 13.2. The minimum absolute atomic E-state index is 1.15. The van der Waals surface area contributed by atoms with Crippen molar-refractivity contribution in [3.05, 3.63) is 209 Å². The quantitative estimate of drug-likeness (QED) is 0.153. The molecule has 284 valence electrons. The predicted octanol–water partition coefficient (Wildman–Crippen LogP) is 15.5. The van der Waals surface area contributed by atoms with Gasteiger partial charge in [-0.25, -0.2) is 0 Å². The number of halogens is 1. The lowest BCUT2D eigenvalue weighted by atomic mass is 9.97. The topological polar surface area (TPSA) is 14.8 Å². The number of aromatic nitrogens is 3. The molecule has 0 atom stereocenters. The Kier molecular flexibility index (Phi) is 7.94. The van der Waals surface area contributed by atoms with Gasteiger partial charge in [-0.05, 0) is 143 Å². The molecule has 0 spiro atoms. The molecule has 3 heterocycles. The first-order valence-electron chi connectivity index (χ1n) is 20.5. The molecule has 0 fully saturated rings. The van der Waals surface area contributed by atoms with E-state index in [1.807, 2.05) is 0 Å². The van der Waals surface area contributed by atoms with Crippen molar-refractivity contribution in [2.75, 3.05) is 0 Å². The fourth-order valence-electron chi connectivity index (χ4n) is 9.70. The van der Waals surface area contributed by atoms with Crippen LogP contribution in [0.1, 0.15) is 11.1 Å². The average molecular weight is 880 g/mol. The van der Waals surface area contributed by atoms with E-state index < -0.39 is 0 Å². The van der Waals surface area contributed by atoms with Crippen LogP contribution in [0, 0.1) is 17.4 Å². The monoisotopic (exact) mass is 879 g/mol. The summed E-state index contributed by atoms with van der Waals surface area (Å²) in [5.74, 6) is 0. The number of benzene rings is 9. The first kappa shape index (κ1) is 35.1. The van der Waals surface area contributed by atoms with E-state index in [0.717, 1.165) is 11.4 Å². The lowest BCUT2D eigenvalue weighted by Gasteiger charge is -2.12. The van der Waals surface area contributed by atoms with E-state index >= 15 is 0 Å². The van der Waals surface area contributed by atoms with Crippen LogP contribution in [0.4, 0.5) is 0 Å². The molecule has 0 radical (unpaired) electrons. The molecular weight excluding hydrogens is 842 g/mol. The van der Waals surface area contributed by atoms with Crippen molar-refractivity contribution in [2.45, 2.75) is 13.8 Å². The van der Waals surface area contributed by atoms with Gasteiger partial charge in [0.05, 0.1) is 33.1 Å². The third kappa shape index (κ3) is 5.33. The normalized spacial score (nSPS) is 11.9. The largest absolute Gasteiger partial charge is 0.309 e. The van der Waals surface area contributed by atoms with Crippen molar-refractivity contribution < 1.29 is 0 Å². The number of hydrogen-bond acceptors (Lipinski definition) is 0. The van der Waals surface area contributed by atoms with E-state index in [2.05, 4.69) is 244 Å². The van der Waals surface area contributed by atoms with E-state index in [4.69, 9.17) is 0 Å². The first-order chi connectivity index (χ1) is 29.5. The Hall–Kier alpha value is -6.89. The van der Waals surface area contributed by atoms with Gasteiger partial charge in [0.2, 0.25) is 0 Å². The maximum Gasteiger partial charge on any atom is 0.0547 e. The smallest absolute Gasteiger partial charge is 0.0547 e. The summed E-state index contributed by atoms with van der Waals surface area (Å²) in [6.45, 7) is 4.36. The van der Waals surface area contributed by atoms with E-state index in [1.165, 1.54) is 108 Å². The van der Waals surface area contributed by atoms with Crippen molar-refractivity contribution in [3.63, 3.8) is 0 Å². The van der Waals surface area contributed by atoms with Crippen LogP contribution in [0.5, 0.6) is 0 Å². The first-order valence-corrected chi connectivity index (χ1v) is 21.6. The Bertz CT molecular complexity index is 3670. The number of para-hydroxylation sites is 3. The van der Waals surface area contributed by atoms with Crippen molar-refractivity contribution in [1.82, 2.24) is 13.7 Å². The van der Waals surface area contributed by atoms with Gasteiger partial charge in [0.25, 0.3) is 0 Å². The van der Waals surface area contributed by atoms with Gasteiger partial charge in [-0.2, -0.15) is 0 Å². The van der Waals surface area contributed by atoms with Crippen LogP contribution in [0.25, 0.3) is 105 Å².